The Morgan fingerprint density at radius 2 is 1.72 bits per heavy atom. The maximum Gasteiger partial charge on any atom is 0.269 e. The number of amides is 1. The number of benzene rings is 1. The first-order valence-corrected chi connectivity index (χ1v) is 10.9. The predicted octanol–water partition coefficient (Wildman–Crippen LogP) is 3.55. The normalized spacial score (nSPS) is 12.5. The van der Waals surface area contributed by atoms with E-state index in [9.17, 15) is 13.2 Å². The van der Waals surface area contributed by atoms with E-state index in [2.05, 4.69) is 29.1 Å². The fraction of sp³-hybridized carbons (Fsp3) is 0.227. The predicted molar refractivity (Wildman–Crippen MR) is 111 cm³/mol. The maximum atomic E-state index is 13.4. The first kappa shape index (κ1) is 20.7. The average molecular weight is 410 g/mol. The molecule has 1 amide bonds. The standard InChI is InChI=1S/C22H23N3O3S/c1-16(2)17-8-10-19(11-9-17)29(27,28)21(18-6-5-12-23-14-18)15-25-22(26)20-7-3-4-13-24-20/h3-14,16,21H,15H2,1-2H3,(H,25,26). The lowest BCUT2D eigenvalue weighted by Gasteiger charge is -2.19. The number of nitrogens with zero attached hydrogens (tertiary/aromatic N) is 2. The second-order valence-corrected chi connectivity index (χ2v) is 9.10. The molecule has 7 heteroatoms. The van der Waals surface area contributed by atoms with Crippen LogP contribution >= 0.6 is 0 Å². The molecule has 1 aromatic carbocycles. The van der Waals surface area contributed by atoms with Crippen LogP contribution in [0, 0.1) is 0 Å². The Labute approximate surface area is 171 Å². The molecule has 1 unspecified atom stereocenters. The highest BCUT2D eigenvalue weighted by molar-refractivity contribution is 7.91. The van der Waals surface area contributed by atoms with Crippen molar-refractivity contribution in [2.45, 2.75) is 29.9 Å². The van der Waals surface area contributed by atoms with Gasteiger partial charge in [-0.05, 0) is 47.4 Å². The molecule has 1 atom stereocenters. The van der Waals surface area contributed by atoms with Crippen LogP contribution in [0.3, 0.4) is 0 Å². The molecule has 0 spiro atoms. The van der Waals surface area contributed by atoms with Crippen LogP contribution in [0.25, 0.3) is 0 Å². The molecule has 0 aliphatic rings. The summed E-state index contributed by atoms with van der Waals surface area (Å²) in [6, 6.07) is 15.3. The van der Waals surface area contributed by atoms with Crippen molar-refractivity contribution in [1.29, 1.82) is 0 Å². The fourth-order valence-corrected chi connectivity index (χ4v) is 4.60. The number of sulfone groups is 1. The number of rotatable bonds is 7. The van der Waals surface area contributed by atoms with E-state index < -0.39 is 21.0 Å². The van der Waals surface area contributed by atoms with Crippen molar-refractivity contribution in [2.75, 3.05) is 6.54 Å². The molecular weight excluding hydrogens is 386 g/mol. The largest absolute Gasteiger partial charge is 0.349 e. The second-order valence-electron chi connectivity index (χ2n) is 6.97. The molecule has 2 aromatic heterocycles. The van der Waals surface area contributed by atoms with Crippen LogP contribution in [-0.2, 0) is 9.84 Å². The quantitative estimate of drug-likeness (QED) is 0.645. The van der Waals surface area contributed by atoms with Gasteiger partial charge < -0.3 is 5.32 Å². The molecule has 29 heavy (non-hydrogen) atoms. The van der Waals surface area contributed by atoms with Crippen molar-refractivity contribution in [3.63, 3.8) is 0 Å². The molecule has 0 fully saturated rings. The fourth-order valence-electron chi connectivity index (χ4n) is 2.95. The maximum absolute atomic E-state index is 13.4. The van der Waals surface area contributed by atoms with Crippen molar-refractivity contribution >= 4 is 15.7 Å². The number of pyridine rings is 2. The van der Waals surface area contributed by atoms with Crippen molar-refractivity contribution in [2.24, 2.45) is 0 Å². The third-order valence-electron chi connectivity index (χ3n) is 4.65. The lowest BCUT2D eigenvalue weighted by Crippen LogP contribution is -2.32. The first-order chi connectivity index (χ1) is 13.9. The van der Waals surface area contributed by atoms with Gasteiger partial charge in [0.05, 0.1) is 4.90 Å². The third-order valence-corrected chi connectivity index (χ3v) is 6.77. The van der Waals surface area contributed by atoms with Crippen molar-refractivity contribution in [1.82, 2.24) is 15.3 Å². The summed E-state index contributed by atoms with van der Waals surface area (Å²) in [5.74, 6) is -0.122. The number of carbonyl (C=O) groups excluding carboxylic acids is 1. The summed E-state index contributed by atoms with van der Waals surface area (Å²) in [6.07, 6.45) is 4.61. The SMILES string of the molecule is CC(C)c1ccc(S(=O)(=O)C(CNC(=O)c2ccccn2)c2cccnc2)cc1. The van der Waals surface area contributed by atoms with E-state index in [-0.39, 0.29) is 17.1 Å². The van der Waals surface area contributed by atoms with Gasteiger partial charge in [0, 0.05) is 25.1 Å². The van der Waals surface area contributed by atoms with Gasteiger partial charge in [-0.2, -0.15) is 0 Å². The molecule has 0 aliphatic carbocycles. The molecule has 0 radical (unpaired) electrons. The molecule has 6 nitrogen and oxygen atoms in total. The van der Waals surface area contributed by atoms with Crippen LogP contribution < -0.4 is 5.32 Å². The minimum absolute atomic E-state index is 0.0879. The molecule has 0 saturated carbocycles. The summed E-state index contributed by atoms with van der Waals surface area (Å²) in [5.41, 5.74) is 1.81. The average Bonchev–Trinajstić information content (AvgIpc) is 2.75. The third kappa shape index (κ3) is 4.86. The van der Waals surface area contributed by atoms with Crippen LogP contribution in [0.1, 0.15) is 46.6 Å². The number of aromatic nitrogens is 2. The van der Waals surface area contributed by atoms with Gasteiger partial charge in [-0.1, -0.05) is 38.1 Å². The van der Waals surface area contributed by atoms with Gasteiger partial charge in [0.2, 0.25) is 0 Å². The highest BCUT2D eigenvalue weighted by Crippen LogP contribution is 2.29. The molecule has 2 heterocycles. The molecule has 0 aliphatic heterocycles. The Morgan fingerprint density at radius 3 is 2.31 bits per heavy atom. The van der Waals surface area contributed by atoms with Gasteiger partial charge in [0.25, 0.3) is 5.91 Å². The van der Waals surface area contributed by atoms with Crippen LogP contribution in [0.4, 0.5) is 0 Å². The van der Waals surface area contributed by atoms with E-state index in [1.54, 1.807) is 48.7 Å². The molecule has 1 N–H and O–H groups in total. The van der Waals surface area contributed by atoms with E-state index >= 15 is 0 Å². The molecule has 150 valence electrons. The zero-order valence-corrected chi connectivity index (χ0v) is 17.1. The zero-order valence-electron chi connectivity index (χ0n) is 16.3. The summed E-state index contributed by atoms with van der Waals surface area (Å²) < 4.78 is 26.7. The molecule has 0 bridgehead atoms. The monoisotopic (exact) mass is 409 g/mol. The Bertz CT molecular complexity index is 1050. The van der Waals surface area contributed by atoms with Gasteiger partial charge in [0.1, 0.15) is 10.9 Å². The van der Waals surface area contributed by atoms with E-state index in [1.807, 2.05) is 12.1 Å². The van der Waals surface area contributed by atoms with Gasteiger partial charge in [0.15, 0.2) is 9.84 Å². The van der Waals surface area contributed by atoms with Gasteiger partial charge >= 0.3 is 0 Å². The second kappa shape index (κ2) is 8.96. The summed E-state index contributed by atoms with van der Waals surface area (Å²) in [4.78, 5) is 20.6. The van der Waals surface area contributed by atoms with Crippen LogP contribution in [-0.4, -0.2) is 30.8 Å². The zero-order chi connectivity index (χ0) is 20.9. The van der Waals surface area contributed by atoms with E-state index in [0.29, 0.717) is 11.5 Å². The van der Waals surface area contributed by atoms with Crippen molar-refractivity contribution in [3.8, 4) is 0 Å². The summed E-state index contributed by atoms with van der Waals surface area (Å²) >= 11 is 0. The Morgan fingerprint density at radius 1 is 0.966 bits per heavy atom. The van der Waals surface area contributed by atoms with Crippen LogP contribution in [0.5, 0.6) is 0 Å². The summed E-state index contributed by atoms with van der Waals surface area (Å²) in [6.45, 7) is 4.01. The highest BCUT2D eigenvalue weighted by Gasteiger charge is 2.30. The lowest BCUT2D eigenvalue weighted by molar-refractivity contribution is 0.0948. The minimum atomic E-state index is -3.75. The smallest absolute Gasteiger partial charge is 0.269 e. The van der Waals surface area contributed by atoms with Gasteiger partial charge in [-0.25, -0.2) is 8.42 Å². The van der Waals surface area contributed by atoms with Gasteiger partial charge in [-0.3, -0.25) is 14.8 Å². The lowest BCUT2D eigenvalue weighted by atomic mass is 10.0. The van der Waals surface area contributed by atoms with Gasteiger partial charge in [-0.15, -0.1) is 0 Å². The topological polar surface area (TPSA) is 89.0 Å². The molecular formula is C22H23N3O3S. The number of hydrogen-bond donors (Lipinski definition) is 1. The Balaban J connectivity index is 1.90. The molecule has 0 saturated heterocycles. The first-order valence-electron chi connectivity index (χ1n) is 9.32. The Hall–Kier alpha value is -3.06. The van der Waals surface area contributed by atoms with E-state index in [4.69, 9.17) is 0 Å². The summed E-state index contributed by atoms with van der Waals surface area (Å²) in [5, 5.41) is 1.73. The van der Waals surface area contributed by atoms with Crippen LogP contribution in [0.15, 0.2) is 78.1 Å². The number of nitrogens with one attached hydrogen (secondary N) is 1. The van der Waals surface area contributed by atoms with E-state index in [1.165, 1.54) is 12.4 Å². The van der Waals surface area contributed by atoms with Crippen LogP contribution in [0.2, 0.25) is 0 Å². The molecule has 3 aromatic rings. The number of hydrogen-bond acceptors (Lipinski definition) is 5. The molecule has 3 rings (SSSR count). The van der Waals surface area contributed by atoms with Crippen molar-refractivity contribution < 1.29 is 13.2 Å². The minimum Gasteiger partial charge on any atom is -0.349 e. The number of carbonyl (C=O) groups is 1. The summed E-state index contributed by atoms with van der Waals surface area (Å²) in [7, 11) is -3.75. The Kier molecular flexibility index (Phi) is 6.39. The van der Waals surface area contributed by atoms with Crippen molar-refractivity contribution in [3.05, 3.63) is 90.0 Å². The highest BCUT2D eigenvalue weighted by atomic mass is 32.2. The van der Waals surface area contributed by atoms with E-state index in [0.717, 1.165) is 5.56 Å².